The molecule has 0 saturated heterocycles. The summed E-state index contributed by atoms with van der Waals surface area (Å²) in [5.41, 5.74) is 2.28. The Kier molecular flexibility index (Phi) is 9.12. The standard InChI is InChI=1S/C27H25ClN2O5S/c1-5-34-27(32)24-16(2)17(3)36-26(24)30-25(31)20(14-29)12-18-10-11-22(23(13-18)33-4)35-15-19-8-6-7-9-21(19)28/h6-13H,5,15H2,1-4H3,(H,30,31)/b20-12+. The van der Waals surface area contributed by atoms with Gasteiger partial charge >= 0.3 is 5.97 Å². The zero-order valence-corrected chi connectivity index (χ0v) is 21.9. The molecule has 1 amide bonds. The van der Waals surface area contributed by atoms with E-state index in [1.54, 1.807) is 38.1 Å². The van der Waals surface area contributed by atoms with Crippen molar-refractivity contribution < 1.29 is 23.8 Å². The van der Waals surface area contributed by atoms with E-state index in [0.29, 0.717) is 32.6 Å². The van der Waals surface area contributed by atoms with Gasteiger partial charge in [-0.05, 0) is 56.2 Å². The molecule has 0 saturated carbocycles. The van der Waals surface area contributed by atoms with Gasteiger partial charge in [0.2, 0.25) is 0 Å². The summed E-state index contributed by atoms with van der Waals surface area (Å²) in [5.74, 6) is -0.236. The maximum atomic E-state index is 12.9. The van der Waals surface area contributed by atoms with Gasteiger partial charge in [0.15, 0.2) is 11.5 Å². The summed E-state index contributed by atoms with van der Waals surface area (Å²) in [6.07, 6.45) is 1.44. The van der Waals surface area contributed by atoms with Crippen LogP contribution in [0.25, 0.3) is 6.08 Å². The zero-order chi connectivity index (χ0) is 26.2. The van der Waals surface area contributed by atoms with Gasteiger partial charge in [-0.25, -0.2) is 4.79 Å². The van der Waals surface area contributed by atoms with E-state index in [1.165, 1.54) is 24.5 Å². The number of hydrogen-bond acceptors (Lipinski definition) is 7. The first-order valence-corrected chi connectivity index (χ1v) is 12.2. The van der Waals surface area contributed by atoms with Crippen molar-refractivity contribution in [2.75, 3.05) is 19.0 Å². The fourth-order valence-electron chi connectivity index (χ4n) is 3.31. The molecule has 0 atom stereocenters. The Hall–Kier alpha value is -3.80. The Balaban J connectivity index is 1.81. The minimum Gasteiger partial charge on any atom is -0.493 e. The highest BCUT2D eigenvalue weighted by atomic mass is 35.5. The Bertz CT molecular complexity index is 1360. The number of halogens is 1. The highest BCUT2D eigenvalue weighted by molar-refractivity contribution is 7.16. The van der Waals surface area contributed by atoms with Crippen molar-refractivity contribution >= 4 is 45.9 Å². The summed E-state index contributed by atoms with van der Waals surface area (Å²) in [6, 6.07) is 14.4. The van der Waals surface area contributed by atoms with Crippen LogP contribution in [0.5, 0.6) is 11.5 Å². The summed E-state index contributed by atoms with van der Waals surface area (Å²) in [5, 5.41) is 13.3. The van der Waals surface area contributed by atoms with Crippen LogP contribution in [0.3, 0.4) is 0 Å². The number of carbonyl (C=O) groups is 2. The van der Waals surface area contributed by atoms with Crippen molar-refractivity contribution in [2.24, 2.45) is 0 Å². The number of nitriles is 1. The molecule has 0 aliphatic rings. The number of nitrogens with zero attached hydrogens (tertiary/aromatic N) is 1. The molecule has 36 heavy (non-hydrogen) atoms. The van der Waals surface area contributed by atoms with Gasteiger partial charge in [0.1, 0.15) is 23.3 Å². The van der Waals surface area contributed by atoms with Crippen LogP contribution in [0.2, 0.25) is 5.02 Å². The first-order chi connectivity index (χ1) is 17.3. The number of esters is 1. The van der Waals surface area contributed by atoms with Gasteiger partial charge in [-0.3, -0.25) is 4.79 Å². The van der Waals surface area contributed by atoms with Gasteiger partial charge in [0.25, 0.3) is 5.91 Å². The van der Waals surface area contributed by atoms with Crippen LogP contribution >= 0.6 is 22.9 Å². The molecule has 3 aromatic rings. The molecule has 0 aliphatic heterocycles. The summed E-state index contributed by atoms with van der Waals surface area (Å²) < 4.78 is 16.4. The number of anilines is 1. The normalized spacial score (nSPS) is 10.9. The van der Waals surface area contributed by atoms with Gasteiger partial charge in [-0.1, -0.05) is 35.9 Å². The number of thiophene rings is 1. The van der Waals surface area contributed by atoms with E-state index in [-0.39, 0.29) is 18.8 Å². The van der Waals surface area contributed by atoms with Crippen LogP contribution in [0, 0.1) is 25.2 Å². The highest BCUT2D eigenvalue weighted by Crippen LogP contribution is 2.34. The smallest absolute Gasteiger partial charge is 0.341 e. The first kappa shape index (κ1) is 26.8. The number of nitrogens with one attached hydrogen (secondary N) is 1. The molecule has 1 heterocycles. The second-order valence-electron chi connectivity index (χ2n) is 7.62. The number of methoxy groups -OCH3 is 1. The third kappa shape index (κ3) is 6.25. The van der Waals surface area contributed by atoms with E-state index in [9.17, 15) is 14.9 Å². The van der Waals surface area contributed by atoms with Crippen LogP contribution in [-0.4, -0.2) is 25.6 Å². The number of benzene rings is 2. The number of carbonyl (C=O) groups excluding carboxylic acids is 2. The Morgan fingerprint density at radius 1 is 1.17 bits per heavy atom. The van der Waals surface area contributed by atoms with Crippen molar-refractivity contribution in [1.82, 2.24) is 0 Å². The summed E-state index contributed by atoms with van der Waals surface area (Å²) in [7, 11) is 1.50. The number of ether oxygens (including phenoxy) is 3. The van der Waals surface area contributed by atoms with Crippen LogP contribution in [0.15, 0.2) is 48.0 Å². The second kappa shape index (κ2) is 12.2. The van der Waals surface area contributed by atoms with E-state index in [1.807, 2.05) is 31.2 Å². The zero-order valence-electron chi connectivity index (χ0n) is 20.3. The lowest BCUT2D eigenvalue weighted by Gasteiger charge is -2.12. The topological polar surface area (TPSA) is 97.7 Å². The largest absolute Gasteiger partial charge is 0.493 e. The molecule has 9 heteroatoms. The molecular formula is C27H25ClN2O5S. The van der Waals surface area contributed by atoms with E-state index in [4.69, 9.17) is 25.8 Å². The highest BCUT2D eigenvalue weighted by Gasteiger charge is 2.23. The molecule has 1 N–H and O–H groups in total. The van der Waals surface area contributed by atoms with Crippen molar-refractivity contribution in [3.63, 3.8) is 0 Å². The summed E-state index contributed by atoms with van der Waals surface area (Å²) in [4.78, 5) is 26.2. The van der Waals surface area contributed by atoms with Crippen LogP contribution < -0.4 is 14.8 Å². The Labute approximate surface area is 218 Å². The summed E-state index contributed by atoms with van der Waals surface area (Å²) >= 11 is 7.45. The lowest BCUT2D eigenvalue weighted by atomic mass is 10.1. The number of hydrogen-bond donors (Lipinski definition) is 1. The molecule has 3 rings (SSSR count). The molecule has 1 aromatic heterocycles. The SMILES string of the molecule is CCOC(=O)c1c(NC(=O)/C(C#N)=C/c2ccc(OCc3ccccc3Cl)c(OC)c2)sc(C)c1C. The minimum absolute atomic E-state index is 0.139. The average Bonchev–Trinajstić information content (AvgIpc) is 3.14. The first-order valence-electron chi connectivity index (χ1n) is 11.0. The average molecular weight is 525 g/mol. The molecule has 0 fully saturated rings. The molecule has 0 bridgehead atoms. The molecule has 0 spiro atoms. The molecule has 0 aliphatic carbocycles. The second-order valence-corrected chi connectivity index (χ2v) is 9.25. The molecule has 0 radical (unpaired) electrons. The third-order valence-corrected chi connectivity index (χ3v) is 6.79. The predicted octanol–water partition coefficient (Wildman–Crippen LogP) is 6.33. The minimum atomic E-state index is -0.637. The number of aryl methyl sites for hydroxylation is 1. The summed E-state index contributed by atoms with van der Waals surface area (Å²) in [6.45, 7) is 5.81. The monoisotopic (exact) mass is 524 g/mol. The molecular weight excluding hydrogens is 500 g/mol. The molecule has 2 aromatic carbocycles. The van der Waals surface area contributed by atoms with Gasteiger partial charge in [-0.15, -0.1) is 11.3 Å². The van der Waals surface area contributed by atoms with Gasteiger partial charge in [0, 0.05) is 15.5 Å². The van der Waals surface area contributed by atoms with E-state index < -0.39 is 11.9 Å². The van der Waals surface area contributed by atoms with E-state index in [2.05, 4.69) is 5.32 Å². The Morgan fingerprint density at radius 2 is 1.92 bits per heavy atom. The lowest BCUT2D eigenvalue weighted by molar-refractivity contribution is -0.112. The number of rotatable bonds is 9. The van der Waals surface area contributed by atoms with Crippen LogP contribution in [-0.2, 0) is 16.1 Å². The quantitative estimate of drug-likeness (QED) is 0.199. The van der Waals surface area contributed by atoms with Crippen molar-refractivity contribution in [1.29, 1.82) is 5.26 Å². The molecule has 7 nitrogen and oxygen atoms in total. The van der Waals surface area contributed by atoms with Gasteiger partial charge in [0.05, 0.1) is 19.3 Å². The van der Waals surface area contributed by atoms with E-state index in [0.717, 1.165) is 16.0 Å². The van der Waals surface area contributed by atoms with Crippen molar-refractivity contribution in [3.05, 3.63) is 80.2 Å². The van der Waals surface area contributed by atoms with Crippen molar-refractivity contribution in [2.45, 2.75) is 27.4 Å². The van der Waals surface area contributed by atoms with Crippen molar-refractivity contribution in [3.8, 4) is 17.6 Å². The van der Waals surface area contributed by atoms with Gasteiger partial charge < -0.3 is 19.5 Å². The van der Waals surface area contributed by atoms with E-state index >= 15 is 0 Å². The lowest BCUT2D eigenvalue weighted by Crippen LogP contribution is -2.16. The van der Waals surface area contributed by atoms with Gasteiger partial charge in [-0.2, -0.15) is 5.26 Å². The van der Waals surface area contributed by atoms with Crippen LogP contribution in [0.1, 0.15) is 38.8 Å². The maximum absolute atomic E-state index is 12.9. The maximum Gasteiger partial charge on any atom is 0.341 e. The fourth-order valence-corrected chi connectivity index (χ4v) is 4.55. The third-order valence-electron chi connectivity index (χ3n) is 5.30. The molecule has 0 unspecified atom stereocenters. The Morgan fingerprint density at radius 3 is 2.58 bits per heavy atom. The number of amides is 1. The fraction of sp³-hybridized carbons (Fsp3) is 0.222. The molecule has 186 valence electrons. The predicted molar refractivity (Wildman–Crippen MR) is 141 cm³/mol. The van der Waals surface area contributed by atoms with Crippen LogP contribution in [0.4, 0.5) is 5.00 Å².